The van der Waals surface area contributed by atoms with Gasteiger partial charge in [-0.25, -0.2) is 0 Å². The Kier molecular flexibility index (Phi) is 8.11. The first-order valence-corrected chi connectivity index (χ1v) is 19.9. The fourth-order valence-corrected chi connectivity index (χ4v) is 19.1. The molecule has 0 nitrogen and oxygen atoms in total. The van der Waals surface area contributed by atoms with Crippen molar-refractivity contribution < 1.29 is 17.9 Å². The molecule has 0 saturated carbocycles. The first kappa shape index (κ1) is 28.1. The van der Waals surface area contributed by atoms with E-state index in [2.05, 4.69) is 133 Å². The molecule has 3 aromatic carbocycles. The quantitative estimate of drug-likeness (QED) is 0.210. The van der Waals surface area contributed by atoms with Crippen molar-refractivity contribution in [2.75, 3.05) is 0 Å². The number of hydrogen-bond acceptors (Lipinski definition) is 0. The SMILES string of the molecule is CCc1cc(CC)cc([Si](c2ccccc2)(c2ccc(C)cc2C)C2(C)C(C)=C(C)C(C)=[C]2[Ti]([CH3])[CH3])c1. The van der Waals surface area contributed by atoms with Gasteiger partial charge >= 0.3 is 235 Å². The van der Waals surface area contributed by atoms with Gasteiger partial charge in [0.15, 0.2) is 0 Å². The van der Waals surface area contributed by atoms with Crippen LogP contribution in [0.15, 0.2) is 87.3 Å². The van der Waals surface area contributed by atoms with Gasteiger partial charge in [0.05, 0.1) is 0 Å². The molecule has 4 rings (SSSR count). The van der Waals surface area contributed by atoms with Crippen LogP contribution in [0, 0.1) is 13.8 Å². The van der Waals surface area contributed by atoms with Crippen molar-refractivity contribution in [2.45, 2.75) is 83.7 Å². The van der Waals surface area contributed by atoms with Crippen LogP contribution < -0.4 is 15.6 Å². The number of allylic oxidation sites excluding steroid dienone is 4. The van der Waals surface area contributed by atoms with Crippen LogP contribution in [0.2, 0.25) is 15.5 Å². The molecule has 37 heavy (non-hydrogen) atoms. The summed E-state index contributed by atoms with van der Waals surface area (Å²) in [7, 11) is -2.62. The topological polar surface area (TPSA) is 0 Å². The van der Waals surface area contributed by atoms with Crippen molar-refractivity contribution in [1.82, 2.24) is 0 Å². The third-order valence-corrected chi connectivity index (χ3v) is 18.5. The minimum absolute atomic E-state index is 0.00124. The van der Waals surface area contributed by atoms with Crippen molar-refractivity contribution >= 4 is 23.6 Å². The Morgan fingerprint density at radius 1 is 0.703 bits per heavy atom. The molecule has 2 heteroatoms. The molecule has 2 atom stereocenters. The van der Waals surface area contributed by atoms with Gasteiger partial charge < -0.3 is 0 Å². The van der Waals surface area contributed by atoms with Gasteiger partial charge in [0.1, 0.15) is 0 Å². The molecule has 0 spiro atoms. The average Bonchev–Trinajstić information content (AvgIpc) is 3.06. The summed E-state index contributed by atoms with van der Waals surface area (Å²) < 4.78 is 1.80. The third-order valence-electron chi connectivity index (χ3n) is 9.29. The minimum atomic E-state index is -2.62. The summed E-state index contributed by atoms with van der Waals surface area (Å²) in [4.78, 5) is 0. The van der Waals surface area contributed by atoms with E-state index < -0.39 is 25.9 Å². The van der Waals surface area contributed by atoms with Gasteiger partial charge in [0.25, 0.3) is 0 Å². The fraction of sp³-hybridized carbons (Fsp3) is 0.371. The molecule has 1 aliphatic rings. The molecule has 0 radical (unpaired) electrons. The molecule has 0 fully saturated rings. The van der Waals surface area contributed by atoms with Gasteiger partial charge in [0, 0.05) is 0 Å². The van der Waals surface area contributed by atoms with E-state index in [-0.39, 0.29) is 5.04 Å². The molecule has 3 aromatic rings. The second-order valence-electron chi connectivity index (χ2n) is 11.6. The number of hydrogen-bond donors (Lipinski definition) is 0. The summed E-state index contributed by atoms with van der Waals surface area (Å²) in [5, 5.41) is 9.87. The number of benzene rings is 3. The van der Waals surface area contributed by atoms with Crippen molar-refractivity contribution in [3.05, 3.63) is 110 Å². The van der Waals surface area contributed by atoms with Crippen LogP contribution in [0.5, 0.6) is 0 Å². The first-order valence-electron chi connectivity index (χ1n) is 14.0. The average molecular weight is 542 g/mol. The summed E-state index contributed by atoms with van der Waals surface area (Å²) in [5.74, 6) is 0. The normalized spacial score (nSPS) is 19.4. The Hall–Kier alpha value is -1.93. The predicted octanol–water partition coefficient (Wildman–Crippen LogP) is 8.00. The molecule has 0 aliphatic heterocycles. The molecule has 193 valence electrons. The van der Waals surface area contributed by atoms with Gasteiger partial charge in [-0.05, 0) is 0 Å². The third kappa shape index (κ3) is 4.32. The van der Waals surface area contributed by atoms with E-state index in [0.29, 0.717) is 0 Å². The van der Waals surface area contributed by atoms with Crippen LogP contribution in [0.4, 0.5) is 0 Å². The molecule has 0 amide bonds. The van der Waals surface area contributed by atoms with Gasteiger partial charge in [-0.1, -0.05) is 0 Å². The fourth-order valence-electron chi connectivity index (χ4n) is 7.38. The van der Waals surface area contributed by atoms with E-state index in [0.717, 1.165) is 12.8 Å². The zero-order valence-electron chi connectivity index (χ0n) is 24.8. The molecule has 1 aliphatic carbocycles. The Morgan fingerprint density at radius 3 is 1.81 bits per heavy atom. The van der Waals surface area contributed by atoms with Gasteiger partial charge in [0.2, 0.25) is 0 Å². The van der Waals surface area contributed by atoms with Crippen molar-refractivity contribution in [3.63, 3.8) is 0 Å². The summed E-state index contributed by atoms with van der Waals surface area (Å²) in [6.07, 6.45) is 2.14. The van der Waals surface area contributed by atoms with E-state index in [1.54, 1.807) is 30.6 Å². The standard InChI is InChI=1S/C33H39Si.2CH3.Ti/c1-9-28-19-29(10-2)21-31(20-28)34(30-14-12-11-13-15-30,32-17-16-23(3)18-24(32)4)33(8)22-25(5)26(6)27(33)7;;;/h11-21H,9-10H2,1-8H3;2*1H3;. The molecular formula is C35H45SiTi. The second kappa shape index (κ2) is 10.7. The summed E-state index contributed by atoms with van der Waals surface area (Å²) in [6, 6.07) is 26.6. The predicted molar refractivity (Wildman–Crippen MR) is 163 cm³/mol. The van der Waals surface area contributed by atoms with Crippen LogP contribution in [-0.2, 0) is 30.7 Å². The van der Waals surface area contributed by atoms with Crippen LogP contribution >= 0.6 is 0 Å². The van der Waals surface area contributed by atoms with E-state index in [1.807, 2.05) is 0 Å². The molecular weight excluding hydrogens is 496 g/mol. The number of aryl methyl sites for hydroxylation is 4. The van der Waals surface area contributed by atoms with Gasteiger partial charge in [-0.3, -0.25) is 0 Å². The zero-order chi connectivity index (χ0) is 27.1. The van der Waals surface area contributed by atoms with Crippen LogP contribution in [0.3, 0.4) is 0 Å². The monoisotopic (exact) mass is 541 g/mol. The Morgan fingerprint density at radius 2 is 1.30 bits per heavy atom. The van der Waals surface area contributed by atoms with E-state index in [1.165, 1.54) is 27.8 Å². The van der Waals surface area contributed by atoms with E-state index in [4.69, 9.17) is 0 Å². The Labute approximate surface area is 233 Å². The Bertz CT molecular complexity index is 1360. The van der Waals surface area contributed by atoms with Crippen molar-refractivity contribution in [3.8, 4) is 0 Å². The molecule has 0 heterocycles. The van der Waals surface area contributed by atoms with Gasteiger partial charge in [-0.15, -0.1) is 0 Å². The van der Waals surface area contributed by atoms with Crippen LogP contribution in [-0.4, -0.2) is 8.07 Å². The maximum absolute atomic E-state index is 2.65. The van der Waals surface area contributed by atoms with Crippen LogP contribution in [0.25, 0.3) is 0 Å². The summed E-state index contributed by atoms with van der Waals surface area (Å²) >= 11 is -1.47. The second-order valence-corrected chi connectivity index (χ2v) is 19.7. The Balaban J connectivity index is 2.33. The molecule has 0 bridgehead atoms. The van der Waals surface area contributed by atoms with Crippen molar-refractivity contribution in [1.29, 1.82) is 0 Å². The molecule has 0 aromatic heterocycles. The van der Waals surface area contributed by atoms with Crippen molar-refractivity contribution in [2.24, 2.45) is 0 Å². The summed E-state index contributed by atoms with van der Waals surface area (Å²) in [6.45, 7) is 19.2. The molecule has 0 N–H and O–H groups in total. The summed E-state index contributed by atoms with van der Waals surface area (Å²) in [5.41, 5.74) is 10.5. The number of rotatable bonds is 7. The molecule has 2 unspecified atom stereocenters. The van der Waals surface area contributed by atoms with E-state index >= 15 is 0 Å². The van der Waals surface area contributed by atoms with Crippen LogP contribution in [0.1, 0.15) is 63.8 Å². The van der Waals surface area contributed by atoms with E-state index in [9.17, 15) is 0 Å². The first-order chi connectivity index (χ1) is 17.5. The zero-order valence-corrected chi connectivity index (χ0v) is 27.3. The molecule has 0 saturated heterocycles. The maximum atomic E-state index is 2.65. The van der Waals surface area contributed by atoms with Gasteiger partial charge in [-0.2, -0.15) is 0 Å².